The van der Waals surface area contributed by atoms with E-state index < -0.39 is 9.84 Å². The van der Waals surface area contributed by atoms with Gasteiger partial charge in [0.15, 0.2) is 9.84 Å². The highest BCUT2D eigenvalue weighted by atomic mass is 32.2. The van der Waals surface area contributed by atoms with Gasteiger partial charge in [0.05, 0.1) is 24.3 Å². The molecule has 1 atom stereocenters. The minimum absolute atomic E-state index is 0.106. The van der Waals surface area contributed by atoms with E-state index in [-0.39, 0.29) is 23.6 Å². The van der Waals surface area contributed by atoms with E-state index in [0.29, 0.717) is 44.0 Å². The van der Waals surface area contributed by atoms with Crippen LogP contribution in [0, 0.1) is 0 Å². The van der Waals surface area contributed by atoms with E-state index in [4.69, 9.17) is 4.74 Å². The second kappa shape index (κ2) is 6.98. The van der Waals surface area contributed by atoms with Crippen molar-refractivity contribution in [1.82, 2.24) is 9.80 Å². The quantitative estimate of drug-likeness (QED) is 0.878. The van der Waals surface area contributed by atoms with Gasteiger partial charge in [-0.25, -0.2) is 13.2 Å². The molecule has 132 valence electrons. The molecule has 0 radical (unpaired) electrons. The summed E-state index contributed by atoms with van der Waals surface area (Å²) < 4.78 is 28.5. The van der Waals surface area contributed by atoms with Crippen LogP contribution in [-0.2, 0) is 9.84 Å². The number of nitrogens with one attached hydrogen (secondary N) is 1. The highest BCUT2D eigenvalue weighted by Gasteiger charge is 2.34. The molecule has 2 fully saturated rings. The number of carbonyl (C=O) groups excluding carboxylic acids is 1. The van der Waals surface area contributed by atoms with Crippen LogP contribution in [0.3, 0.4) is 0 Å². The summed E-state index contributed by atoms with van der Waals surface area (Å²) in [6.07, 6.45) is 0.704. The van der Waals surface area contributed by atoms with Crippen LogP contribution in [0.2, 0.25) is 0 Å². The Morgan fingerprint density at radius 1 is 1.21 bits per heavy atom. The number of methoxy groups -OCH3 is 1. The fourth-order valence-electron chi connectivity index (χ4n) is 3.30. The summed E-state index contributed by atoms with van der Waals surface area (Å²) in [6, 6.07) is 7.25. The van der Waals surface area contributed by atoms with Crippen molar-refractivity contribution in [2.24, 2.45) is 0 Å². The number of carbonyl (C=O) groups is 1. The number of benzene rings is 1. The number of urea groups is 1. The second-order valence-electron chi connectivity index (χ2n) is 6.21. The summed E-state index contributed by atoms with van der Waals surface area (Å²) in [5.41, 5.74) is 0.648. The molecule has 1 aromatic rings. The van der Waals surface area contributed by atoms with Gasteiger partial charge in [-0.1, -0.05) is 12.1 Å². The van der Waals surface area contributed by atoms with Gasteiger partial charge < -0.3 is 15.0 Å². The highest BCUT2D eigenvalue weighted by molar-refractivity contribution is 7.91. The van der Waals surface area contributed by atoms with E-state index in [1.54, 1.807) is 24.1 Å². The van der Waals surface area contributed by atoms with Gasteiger partial charge in [0.1, 0.15) is 5.75 Å². The fourth-order valence-corrected chi connectivity index (χ4v) is 5.06. The van der Waals surface area contributed by atoms with Crippen LogP contribution in [0.4, 0.5) is 10.5 Å². The molecule has 1 N–H and O–H groups in total. The Balaban J connectivity index is 1.54. The second-order valence-corrected chi connectivity index (χ2v) is 8.44. The topological polar surface area (TPSA) is 79.0 Å². The third-order valence-corrected chi connectivity index (χ3v) is 6.43. The molecule has 2 aliphatic heterocycles. The maximum absolute atomic E-state index is 12.4. The van der Waals surface area contributed by atoms with Crippen molar-refractivity contribution >= 4 is 21.6 Å². The van der Waals surface area contributed by atoms with Crippen molar-refractivity contribution in [2.75, 3.05) is 50.1 Å². The van der Waals surface area contributed by atoms with Crippen molar-refractivity contribution in [3.63, 3.8) is 0 Å². The number of ether oxygens (including phenoxy) is 1. The summed E-state index contributed by atoms with van der Waals surface area (Å²) >= 11 is 0. The zero-order valence-electron chi connectivity index (χ0n) is 13.8. The maximum atomic E-state index is 12.4. The van der Waals surface area contributed by atoms with Crippen molar-refractivity contribution < 1.29 is 17.9 Å². The van der Waals surface area contributed by atoms with E-state index in [1.807, 2.05) is 12.1 Å². The van der Waals surface area contributed by atoms with Gasteiger partial charge in [-0.2, -0.15) is 0 Å². The smallest absolute Gasteiger partial charge is 0.322 e. The summed E-state index contributed by atoms with van der Waals surface area (Å²) in [6.45, 7) is 2.61. The van der Waals surface area contributed by atoms with Crippen molar-refractivity contribution in [3.8, 4) is 5.75 Å². The van der Waals surface area contributed by atoms with Crippen LogP contribution < -0.4 is 10.1 Å². The first-order valence-electron chi connectivity index (χ1n) is 8.12. The van der Waals surface area contributed by atoms with Crippen LogP contribution in [-0.4, -0.2) is 75.1 Å². The zero-order chi connectivity index (χ0) is 17.2. The minimum Gasteiger partial charge on any atom is -0.495 e. The molecule has 0 saturated carbocycles. The van der Waals surface area contributed by atoms with E-state index in [2.05, 4.69) is 10.2 Å². The molecule has 2 saturated heterocycles. The largest absolute Gasteiger partial charge is 0.495 e. The molecule has 8 heteroatoms. The van der Waals surface area contributed by atoms with E-state index in [9.17, 15) is 13.2 Å². The van der Waals surface area contributed by atoms with Gasteiger partial charge in [-0.3, -0.25) is 4.90 Å². The predicted molar refractivity (Wildman–Crippen MR) is 92.2 cm³/mol. The molecule has 0 aliphatic carbocycles. The van der Waals surface area contributed by atoms with Crippen LogP contribution in [0.1, 0.15) is 6.42 Å². The van der Waals surface area contributed by atoms with Gasteiger partial charge in [0.2, 0.25) is 0 Å². The summed E-state index contributed by atoms with van der Waals surface area (Å²) in [7, 11) is -1.30. The number of rotatable bonds is 3. The first-order valence-corrected chi connectivity index (χ1v) is 9.94. The van der Waals surface area contributed by atoms with Gasteiger partial charge in [0.25, 0.3) is 0 Å². The molecular formula is C16H23N3O4S. The van der Waals surface area contributed by atoms with E-state index in [0.717, 1.165) is 0 Å². The zero-order valence-corrected chi connectivity index (χ0v) is 14.6. The molecule has 2 heterocycles. The molecule has 3 rings (SSSR count). The molecule has 1 unspecified atom stereocenters. The summed E-state index contributed by atoms with van der Waals surface area (Å²) in [5, 5.41) is 2.88. The Morgan fingerprint density at radius 3 is 2.54 bits per heavy atom. The number of hydrogen-bond acceptors (Lipinski definition) is 5. The number of hydrogen-bond donors (Lipinski definition) is 1. The lowest BCUT2D eigenvalue weighted by Crippen LogP contribution is -2.53. The first kappa shape index (κ1) is 17.0. The molecule has 0 spiro atoms. The number of piperazine rings is 1. The molecule has 7 nitrogen and oxygen atoms in total. The standard InChI is InChI=1S/C16H23N3O4S/c1-23-15-5-3-2-4-14(15)17-16(20)19-9-7-18(8-10-19)13-6-11-24(21,22)12-13/h2-5,13H,6-12H2,1H3,(H,17,20). The molecule has 0 aromatic heterocycles. The van der Waals surface area contributed by atoms with Crippen LogP contribution in [0.15, 0.2) is 24.3 Å². The third kappa shape index (κ3) is 3.81. The lowest BCUT2D eigenvalue weighted by Gasteiger charge is -2.37. The van der Waals surface area contributed by atoms with Crippen LogP contribution >= 0.6 is 0 Å². The number of para-hydroxylation sites is 2. The highest BCUT2D eigenvalue weighted by Crippen LogP contribution is 2.24. The normalized spacial score (nSPS) is 23.9. The fraction of sp³-hybridized carbons (Fsp3) is 0.562. The Morgan fingerprint density at radius 2 is 1.92 bits per heavy atom. The SMILES string of the molecule is COc1ccccc1NC(=O)N1CCN(C2CCS(=O)(=O)C2)CC1. The first-order chi connectivity index (χ1) is 11.5. The number of anilines is 1. The molecular weight excluding hydrogens is 330 g/mol. The predicted octanol–water partition coefficient (Wildman–Crippen LogP) is 1.03. The van der Waals surface area contributed by atoms with Crippen LogP contribution in [0.5, 0.6) is 5.75 Å². The van der Waals surface area contributed by atoms with Gasteiger partial charge >= 0.3 is 6.03 Å². The molecule has 0 bridgehead atoms. The number of amides is 2. The minimum atomic E-state index is -2.87. The van der Waals surface area contributed by atoms with Crippen molar-refractivity contribution in [1.29, 1.82) is 0 Å². The average Bonchev–Trinajstić information content (AvgIpc) is 2.95. The Bertz CT molecular complexity index is 699. The molecule has 1 aromatic carbocycles. The number of nitrogens with zero attached hydrogens (tertiary/aromatic N) is 2. The Labute approximate surface area is 142 Å². The Hall–Kier alpha value is -1.80. The van der Waals surface area contributed by atoms with E-state index >= 15 is 0 Å². The van der Waals surface area contributed by atoms with E-state index in [1.165, 1.54) is 0 Å². The summed E-state index contributed by atoms with van der Waals surface area (Å²) in [4.78, 5) is 16.4. The maximum Gasteiger partial charge on any atom is 0.322 e. The van der Waals surface area contributed by atoms with Crippen LogP contribution in [0.25, 0.3) is 0 Å². The van der Waals surface area contributed by atoms with Gasteiger partial charge in [0, 0.05) is 32.2 Å². The molecule has 2 amide bonds. The number of sulfone groups is 1. The van der Waals surface area contributed by atoms with Gasteiger partial charge in [-0.15, -0.1) is 0 Å². The van der Waals surface area contributed by atoms with Crippen molar-refractivity contribution in [2.45, 2.75) is 12.5 Å². The molecule has 24 heavy (non-hydrogen) atoms. The Kier molecular flexibility index (Phi) is 4.96. The average molecular weight is 353 g/mol. The lowest BCUT2D eigenvalue weighted by atomic mass is 10.2. The molecule has 2 aliphatic rings. The third-order valence-electron chi connectivity index (χ3n) is 4.67. The summed E-state index contributed by atoms with van der Waals surface area (Å²) in [5.74, 6) is 1.16. The van der Waals surface area contributed by atoms with Crippen molar-refractivity contribution in [3.05, 3.63) is 24.3 Å². The van der Waals surface area contributed by atoms with Gasteiger partial charge in [-0.05, 0) is 18.6 Å². The monoisotopic (exact) mass is 353 g/mol. The lowest BCUT2D eigenvalue weighted by molar-refractivity contribution is 0.121.